The van der Waals surface area contributed by atoms with Crippen molar-refractivity contribution < 1.29 is 17.9 Å². The minimum atomic E-state index is -3.86. The average molecular weight is 384 g/mol. The normalized spacial score (nSPS) is 13.5. The fourth-order valence-corrected chi connectivity index (χ4v) is 5.54. The van der Waals surface area contributed by atoms with Crippen LogP contribution in [-0.4, -0.2) is 27.0 Å². The van der Waals surface area contributed by atoms with E-state index >= 15 is 0 Å². The van der Waals surface area contributed by atoms with Crippen LogP contribution in [-0.2, 0) is 19.6 Å². The van der Waals surface area contributed by atoms with Crippen LogP contribution in [0.15, 0.2) is 17.0 Å². The Morgan fingerprint density at radius 2 is 1.50 bits per heavy atom. The van der Waals surface area contributed by atoms with Crippen molar-refractivity contribution in [3.8, 4) is 0 Å². The van der Waals surface area contributed by atoms with Gasteiger partial charge in [-0.2, -0.15) is 4.72 Å². The number of carbonyl (C=O) groups excluding carboxylic acids is 1. The number of hydrogen-bond acceptors (Lipinski definition) is 4. The van der Waals surface area contributed by atoms with Crippen LogP contribution in [0.25, 0.3) is 0 Å². The number of benzene rings is 1. The number of carbonyl (C=O) groups is 1. The molecule has 1 rings (SSSR count). The van der Waals surface area contributed by atoms with E-state index < -0.39 is 22.0 Å². The van der Waals surface area contributed by atoms with E-state index in [0.29, 0.717) is 11.1 Å². The Morgan fingerprint density at radius 3 is 1.88 bits per heavy atom. The van der Waals surface area contributed by atoms with Gasteiger partial charge >= 0.3 is 5.97 Å². The smallest absolute Gasteiger partial charge is 0.324 e. The van der Waals surface area contributed by atoms with Crippen molar-refractivity contribution in [2.45, 2.75) is 66.3 Å². The van der Waals surface area contributed by atoms with E-state index in [4.69, 9.17) is 4.74 Å². The zero-order chi connectivity index (χ0) is 20.2. The fourth-order valence-electron chi connectivity index (χ4n) is 3.87. The number of ether oxygens (including phenoxy) is 1. The van der Waals surface area contributed by atoms with E-state index in [1.165, 1.54) is 0 Å². The van der Waals surface area contributed by atoms with Crippen LogP contribution in [0.1, 0.15) is 51.3 Å². The summed E-state index contributed by atoms with van der Waals surface area (Å²) in [5.74, 6) is -0.458. The first-order chi connectivity index (χ1) is 11.9. The molecule has 0 aliphatic carbocycles. The summed E-state index contributed by atoms with van der Waals surface area (Å²) in [5.41, 5.74) is 2.34. The van der Waals surface area contributed by atoms with E-state index in [-0.39, 0.29) is 29.3 Å². The van der Waals surface area contributed by atoms with Crippen LogP contribution in [0.5, 0.6) is 0 Å². The summed E-state index contributed by atoms with van der Waals surface area (Å²) < 4.78 is 34.1. The van der Waals surface area contributed by atoms with Gasteiger partial charge in [-0.3, -0.25) is 4.79 Å². The maximum atomic E-state index is 13.1. The molecule has 1 aromatic rings. The molecule has 1 N–H and O–H groups in total. The lowest BCUT2D eigenvalue weighted by atomic mass is 9.80. The quantitative estimate of drug-likeness (QED) is 0.694. The predicted molar refractivity (Wildman–Crippen MR) is 105 cm³/mol. The summed E-state index contributed by atoms with van der Waals surface area (Å²) in [6, 6.07) is 2.76. The van der Waals surface area contributed by atoms with Gasteiger partial charge < -0.3 is 4.74 Å². The monoisotopic (exact) mass is 383 g/mol. The summed E-state index contributed by atoms with van der Waals surface area (Å²) in [5, 5.41) is 0. The highest BCUT2D eigenvalue weighted by molar-refractivity contribution is 7.89. The van der Waals surface area contributed by atoms with E-state index in [0.717, 1.165) is 5.56 Å². The second-order valence-electron chi connectivity index (χ2n) is 7.64. The Labute approximate surface area is 158 Å². The van der Waals surface area contributed by atoms with Gasteiger partial charge in [0.05, 0.1) is 11.5 Å². The minimum absolute atomic E-state index is 0.118. The van der Waals surface area contributed by atoms with E-state index in [2.05, 4.69) is 4.72 Å². The molecule has 26 heavy (non-hydrogen) atoms. The van der Waals surface area contributed by atoms with E-state index in [1.807, 2.05) is 46.8 Å². The SMILES string of the molecule is CCOC(=O)C(NS(=O)(=O)c1c(C)cc(C)cc1C)C(C(C)C)C(C)C. The van der Waals surface area contributed by atoms with Crippen molar-refractivity contribution in [3.63, 3.8) is 0 Å². The average Bonchev–Trinajstić information content (AvgIpc) is 2.43. The summed E-state index contributed by atoms with van der Waals surface area (Å²) in [7, 11) is -3.86. The molecule has 0 aliphatic heterocycles. The number of nitrogens with one attached hydrogen (secondary N) is 1. The molecule has 0 fully saturated rings. The van der Waals surface area contributed by atoms with E-state index in [9.17, 15) is 13.2 Å². The highest BCUT2D eigenvalue weighted by atomic mass is 32.2. The summed E-state index contributed by atoms with van der Waals surface area (Å²) in [6.07, 6.45) is 0. The predicted octanol–water partition coefficient (Wildman–Crippen LogP) is 3.75. The van der Waals surface area contributed by atoms with Crippen molar-refractivity contribution in [1.29, 1.82) is 0 Å². The fraction of sp³-hybridized carbons (Fsp3) is 0.650. The molecule has 148 valence electrons. The molecule has 0 aromatic heterocycles. The Balaban J connectivity index is 3.40. The van der Waals surface area contributed by atoms with Gasteiger partial charge in [-0.1, -0.05) is 45.4 Å². The maximum Gasteiger partial charge on any atom is 0.324 e. The van der Waals surface area contributed by atoms with Crippen molar-refractivity contribution in [3.05, 3.63) is 28.8 Å². The third-order valence-corrected chi connectivity index (χ3v) is 6.37. The Bertz CT molecular complexity index is 707. The van der Waals surface area contributed by atoms with E-state index in [1.54, 1.807) is 20.8 Å². The van der Waals surface area contributed by atoms with Gasteiger partial charge in [-0.05, 0) is 56.6 Å². The lowest BCUT2D eigenvalue weighted by molar-refractivity contribution is -0.147. The molecule has 5 nitrogen and oxygen atoms in total. The van der Waals surface area contributed by atoms with Gasteiger partial charge in [-0.25, -0.2) is 8.42 Å². The number of hydrogen-bond donors (Lipinski definition) is 1. The molecule has 0 heterocycles. The van der Waals surface area contributed by atoms with Crippen LogP contribution in [0, 0.1) is 38.5 Å². The first-order valence-electron chi connectivity index (χ1n) is 9.19. The number of sulfonamides is 1. The third-order valence-electron chi connectivity index (χ3n) is 4.62. The van der Waals surface area contributed by atoms with Crippen molar-refractivity contribution in [2.75, 3.05) is 6.61 Å². The van der Waals surface area contributed by atoms with Crippen LogP contribution >= 0.6 is 0 Å². The number of rotatable bonds is 8. The molecule has 0 aliphatic rings. The van der Waals surface area contributed by atoms with Gasteiger partial charge in [-0.15, -0.1) is 0 Å². The Kier molecular flexibility index (Phi) is 7.84. The molecule has 1 atom stereocenters. The largest absolute Gasteiger partial charge is 0.465 e. The van der Waals surface area contributed by atoms with Gasteiger partial charge in [0.2, 0.25) is 10.0 Å². The molecule has 1 unspecified atom stereocenters. The van der Waals surface area contributed by atoms with Gasteiger partial charge in [0, 0.05) is 0 Å². The molecule has 0 bridgehead atoms. The molecular weight excluding hydrogens is 350 g/mol. The summed E-state index contributed by atoms with van der Waals surface area (Å²) in [4.78, 5) is 12.8. The molecule has 1 aromatic carbocycles. The van der Waals surface area contributed by atoms with Crippen molar-refractivity contribution in [1.82, 2.24) is 4.72 Å². The minimum Gasteiger partial charge on any atom is -0.465 e. The first kappa shape index (κ1) is 22.6. The standard InChI is InChI=1S/C20H33NO4S/c1-9-25-20(22)18(17(12(2)3)13(4)5)21-26(23,24)19-15(7)10-14(6)11-16(19)8/h10-13,17-18,21H,9H2,1-8H3. The molecule has 0 spiro atoms. The zero-order valence-corrected chi connectivity index (χ0v) is 18.0. The maximum absolute atomic E-state index is 13.1. The van der Waals surface area contributed by atoms with Crippen molar-refractivity contribution in [2.24, 2.45) is 17.8 Å². The molecule has 0 saturated heterocycles. The Morgan fingerprint density at radius 1 is 1.04 bits per heavy atom. The van der Waals surface area contributed by atoms with Crippen LogP contribution in [0.2, 0.25) is 0 Å². The van der Waals surface area contributed by atoms with Gasteiger partial charge in [0.15, 0.2) is 0 Å². The number of aryl methyl sites for hydroxylation is 3. The van der Waals surface area contributed by atoms with Crippen molar-refractivity contribution >= 4 is 16.0 Å². The second-order valence-corrected chi connectivity index (χ2v) is 9.30. The zero-order valence-electron chi connectivity index (χ0n) is 17.2. The molecular formula is C20H33NO4S. The van der Waals surface area contributed by atoms with Crippen LogP contribution in [0.3, 0.4) is 0 Å². The first-order valence-corrected chi connectivity index (χ1v) is 10.7. The molecule has 6 heteroatoms. The van der Waals surface area contributed by atoms with Crippen LogP contribution in [0.4, 0.5) is 0 Å². The highest BCUT2D eigenvalue weighted by Crippen LogP contribution is 2.28. The summed E-state index contributed by atoms with van der Waals surface area (Å²) >= 11 is 0. The molecule has 0 saturated carbocycles. The molecule has 0 amide bonds. The third kappa shape index (κ3) is 5.30. The lowest BCUT2D eigenvalue weighted by Crippen LogP contribution is -2.50. The Hall–Kier alpha value is -1.40. The van der Waals surface area contributed by atoms with Crippen LogP contribution < -0.4 is 4.72 Å². The number of esters is 1. The highest BCUT2D eigenvalue weighted by Gasteiger charge is 2.38. The topological polar surface area (TPSA) is 72.5 Å². The summed E-state index contributed by atoms with van der Waals surface area (Å²) in [6.45, 7) is 15.4. The lowest BCUT2D eigenvalue weighted by Gasteiger charge is -2.32. The second kappa shape index (κ2) is 9.00. The molecule has 0 radical (unpaired) electrons. The van der Waals surface area contributed by atoms with Gasteiger partial charge in [0.1, 0.15) is 6.04 Å². The van der Waals surface area contributed by atoms with Gasteiger partial charge in [0.25, 0.3) is 0 Å².